The highest BCUT2D eigenvalue weighted by molar-refractivity contribution is 5.82. The summed E-state index contributed by atoms with van der Waals surface area (Å²) in [5, 5.41) is 3.14. The number of hydrogen-bond acceptors (Lipinski definition) is 2. The van der Waals surface area contributed by atoms with Crippen LogP contribution >= 0.6 is 0 Å². The molecule has 1 fully saturated rings. The van der Waals surface area contributed by atoms with Gasteiger partial charge in [0, 0.05) is 12.6 Å². The van der Waals surface area contributed by atoms with E-state index in [-0.39, 0.29) is 5.91 Å². The van der Waals surface area contributed by atoms with Gasteiger partial charge in [0.25, 0.3) is 0 Å². The van der Waals surface area contributed by atoms with Gasteiger partial charge in [-0.2, -0.15) is 0 Å². The second-order valence-corrected chi connectivity index (χ2v) is 6.03. The van der Waals surface area contributed by atoms with Crippen molar-refractivity contribution in [2.75, 3.05) is 6.54 Å². The normalized spacial score (nSPS) is 31.2. The number of amides is 1. The third kappa shape index (κ3) is 3.21. The molecule has 0 radical (unpaired) electrons. The minimum atomic E-state index is -0.438. The fraction of sp³-hybridized carbons (Fsp3) is 0.923. The van der Waals surface area contributed by atoms with Crippen LogP contribution in [0.2, 0.25) is 0 Å². The molecule has 1 saturated carbocycles. The lowest BCUT2D eigenvalue weighted by atomic mass is 9.78. The number of nitrogens with one attached hydrogen (secondary N) is 1. The molecule has 0 aliphatic heterocycles. The molecule has 1 aliphatic carbocycles. The molecule has 0 aromatic rings. The van der Waals surface area contributed by atoms with Crippen LogP contribution in [-0.2, 0) is 4.79 Å². The van der Waals surface area contributed by atoms with E-state index in [1.54, 1.807) is 0 Å². The summed E-state index contributed by atoms with van der Waals surface area (Å²) in [5.41, 5.74) is 5.16. The number of rotatable bonds is 3. The molecule has 0 spiro atoms. The van der Waals surface area contributed by atoms with Gasteiger partial charge < -0.3 is 11.1 Å². The second-order valence-electron chi connectivity index (χ2n) is 6.03. The molecule has 1 amide bonds. The Morgan fingerprint density at radius 2 is 1.94 bits per heavy atom. The summed E-state index contributed by atoms with van der Waals surface area (Å²) in [6, 6.07) is 0.351. The van der Waals surface area contributed by atoms with Gasteiger partial charge in [0.15, 0.2) is 0 Å². The Balaban J connectivity index is 2.47. The maximum atomic E-state index is 12.0. The van der Waals surface area contributed by atoms with Gasteiger partial charge in [-0.25, -0.2) is 0 Å². The monoisotopic (exact) mass is 226 g/mol. The van der Waals surface area contributed by atoms with Gasteiger partial charge in [0.2, 0.25) is 5.91 Å². The van der Waals surface area contributed by atoms with Crippen molar-refractivity contribution in [3.05, 3.63) is 0 Å². The molecule has 0 heterocycles. The van der Waals surface area contributed by atoms with Crippen molar-refractivity contribution in [1.29, 1.82) is 0 Å². The maximum absolute atomic E-state index is 12.0. The molecule has 0 aromatic carbocycles. The predicted molar refractivity (Wildman–Crippen MR) is 66.9 cm³/mol. The van der Waals surface area contributed by atoms with Crippen molar-refractivity contribution in [3.8, 4) is 0 Å². The molecule has 3 N–H and O–H groups in total. The first-order valence-corrected chi connectivity index (χ1v) is 6.38. The first-order chi connectivity index (χ1) is 7.36. The summed E-state index contributed by atoms with van der Waals surface area (Å²) in [6.07, 6.45) is 3.43. The van der Waals surface area contributed by atoms with Crippen molar-refractivity contribution in [2.45, 2.75) is 53.0 Å². The van der Waals surface area contributed by atoms with Crippen molar-refractivity contribution >= 4 is 5.91 Å². The van der Waals surface area contributed by atoms with Crippen LogP contribution in [0.25, 0.3) is 0 Å². The highest BCUT2D eigenvalue weighted by atomic mass is 16.2. The fourth-order valence-electron chi connectivity index (χ4n) is 2.15. The van der Waals surface area contributed by atoms with Gasteiger partial charge in [0.05, 0.1) is 5.41 Å². The number of nitrogens with two attached hydrogens (primary N) is 1. The summed E-state index contributed by atoms with van der Waals surface area (Å²) < 4.78 is 0. The van der Waals surface area contributed by atoms with E-state index in [9.17, 15) is 4.79 Å². The molecular weight excluding hydrogens is 200 g/mol. The Kier molecular flexibility index (Phi) is 4.36. The first-order valence-electron chi connectivity index (χ1n) is 6.38. The van der Waals surface area contributed by atoms with E-state index >= 15 is 0 Å². The van der Waals surface area contributed by atoms with Gasteiger partial charge in [-0.1, -0.05) is 13.8 Å². The summed E-state index contributed by atoms with van der Waals surface area (Å²) in [4.78, 5) is 12.0. The third-order valence-corrected chi connectivity index (χ3v) is 4.06. The molecule has 1 aliphatic rings. The van der Waals surface area contributed by atoms with E-state index in [2.05, 4.69) is 19.2 Å². The van der Waals surface area contributed by atoms with Crippen LogP contribution in [0.4, 0.5) is 0 Å². The largest absolute Gasteiger partial charge is 0.353 e. The third-order valence-electron chi connectivity index (χ3n) is 4.06. The van der Waals surface area contributed by atoms with E-state index < -0.39 is 5.41 Å². The second kappa shape index (κ2) is 5.17. The van der Waals surface area contributed by atoms with Crippen molar-refractivity contribution in [1.82, 2.24) is 5.32 Å². The van der Waals surface area contributed by atoms with Gasteiger partial charge in [-0.05, 0) is 44.9 Å². The molecule has 3 atom stereocenters. The van der Waals surface area contributed by atoms with E-state index in [1.165, 1.54) is 6.42 Å². The zero-order valence-corrected chi connectivity index (χ0v) is 11.0. The number of carbonyl (C=O) groups is 1. The summed E-state index contributed by atoms with van der Waals surface area (Å²) >= 11 is 0. The summed E-state index contributed by atoms with van der Waals surface area (Å²) in [6.45, 7) is 8.77. The lowest BCUT2D eigenvalue weighted by molar-refractivity contribution is -0.130. The standard InChI is InChI=1S/C13H26N2O/c1-9-5-6-11(7-10(9)2)15-12(16)13(3,4)8-14/h9-11H,5-8,14H2,1-4H3,(H,15,16). The van der Waals surface area contributed by atoms with E-state index in [0.29, 0.717) is 18.5 Å². The Morgan fingerprint density at radius 3 is 2.44 bits per heavy atom. The van der Waals surface area contributed by atoms with E-state index in [1.807, 2.05) is 13.8 Å². The lowest BCUT2D eigenvalue weighted by Crippen LogP contribution is -2.48. The Hall–Kier alpha value is -0.570. The SMILES string of the molecule is CC1CCC(NC(=O)C(C)(C)CN)CC1C. The van der Waals surface area contributed by atoms with Crippen LogP contribution in [0.1, 0.15) is 47.0 Å². The van der Waals surface area contributed by atoms with Crippen molar-refractivity contribution in [3.63, 3.8) is 0 Å². The first kappa shape index (κ1) is 13.5. The van der Waals surface area contributed by atoms with E-state index in [0.717, 1.165) is 18.8 Å². The molecular formula is C13H26N2O. The minimum absolute atomic E-state index is 0.0988. The molecule has 3 nitrogen and oxygen atoms in total. The van der Waals surface area contributed by atoms with Crippen LogP contribution in [0.15, 0.2) is 0 Å². The molecule has 94 valence electrons. The smallest absolute Gasteiger partial charge is 0.227 e. The van der Waals surface area contributed by atoms with Gasteiger partial charge in [0.1, 0.15) is 0 Å². The van der Waals surface area contributed by atoms with Crippen LogP contribution < -0.4 is 11.1 Å². The molecule has 3 unspecified atom stereocenters. The van der Waals surface area contributed by atoms with Crippen LogP contribution in [-0.4, -0.2) is 18.5 Å². The van der Waals surface area contributed by atoms with Gasteiger partial charge in [-0.15, -0.1) is 0 Å². The van der Waals surface area contributed by atoms with Crippen LogP contribution in [0.3, 0.4) is 0 Å². The Morgan fingerprint density at radius 1 is 1.31 bits per heavy atom. The molecule has 0 aromatic heterocycles. The number of carbonyl (C=O) groups excluding carboxylic acids is 1. The Bertz CT molecular complexity index is 250. The number of hydrogen-bond donors (Lipinski definition) is 2. The summed E-state index contributed by atoms with van der Waals surface area (Å²) in [5.74, 6) is 1.59. The zero-order valence-electron chi connectivity index (χ0n) is 11.0. The molecule has 0 saturated heterocycles. The molecule has 3 heteroatoms. The van der Waals surface area contributed by atoms with Crippen LogP contribution in [0.5, 0.6) is 0 Å². The summed E-state index contributed by atoms with van der Waals surface area (Å²) in [7, 11) is 0. The van der Waals surface area contributed by atoms with Gasteiger partial charge in [-0.3, -0.25) is 4.79 Å². The van der Waals surface area contributed by atoms with Gasteiger partial charge >= 0.3 is 0 Å². The zero-order chi connectivity index (χ0) is 12.3. The molecule has 0 bridgehead atoms. The maximum Gasteiger partial charge on any atom is 0.227 e. The van der Waals surface area contributed by atoms with Crippen molar-refractivity contribution < 1.29 is 4.79 Å². The quantitative estimate of drug-likeness (QED) is 0.772. The Labute approximate surface area is 99.2 Å². The fourth-order valence-corrected chi connectivity index (χ4v) is 2.15. The van der Waals surface area contributed by atoms with Crippen LogP contribution in [0, 0.1) is 17.3 Å². The topological polar surface area (TPSA) is 55.1 Å². The average Bonchev–Trinajstić information content (AvgIpc) is 2.23. The van der Waals surface area contributed by atoms with E-state index in [4.69, 9.17) is 5.73 Å². The molecule has 1 rings (SSSR count). The highest BCUT2D eigenvalue weighted by Crippen LogP contribution is 2.29. The predicted octanol–water partition coefficient (Wildman–Crippen LogP) is 1.91. The highest BCUT2D eigenvalue weighted by Gasteiger charge is 2.30. The average molecular weight is 226 g/mol. The van der Waals surface area contributed by atoms with Crippen molar-refractivity contribution in [2.24, 2.45) is 23.0 Å². The lowest BCUT2D eigenvalue weighted by Gasteiger charge is -2.34. The minimum Gasteiger partial charge on any atom is -0.353 e. The molecule has 16 heavy (non-hydrogen) atoms.